The molecule has 4 heteroatoms. The van der Waals surface area contributed by atoms with Crippen molar-refractivity contribution in [3.05, 3.63) is 187 Å². The summed E-state index contributed by atoms with van der Waals surface area (Å²) in [6, 6.07) is 67.7. The molecule has 4 bridgehead atoms. The van der Waals surface area contributed by atoms with Crippen LogP contribution in [0.2, 0.25) is 0 Å². The van der Waals surface area contributed by atoms with Crippen molar-refractivity contribution >= 4 is 98.9 Å². The van der Waals surface area contributed by atoms with Gasteiger partial charge in [0.2, 0.25) is 0 Å². The van der Waals surface area contributed by atoms with Crippen LogP contribution in [0.5, 0.6) is 0 Å². The molecule has 0 spiro atoms. The van der Waals surface area contributed by atoms with Gasteiger partial charge in [-0.3, -0.25) is 0 Å². The number of aromatic nitrogens is 1. The molecule has 2 aliphatic heterocycles. The zero-order valence-electron chi connectivity index (χ0n) is 45.6. The monoisotopic (exact) mass is 1030 g/mol. The molecule has 4 fully saturated rings. The highest BCUT2D eigenvalue weighted by atomic mass is 32.1. The van der Waals surface area contributed by atoms with E-state index in [4.69, 9.17) is 0 Å². The van der Waals surface area contributed by atoms with Crippen LogP contribution in [0.15, 0.2) is 170 Å². The van der Waals surface area contributed by atoms with Crippen molar-refractivity contribution in [2.45, 2.75) is 127 Å². The summed E-state index contributed by atoms with van der Waals surface area (Å²) in [5.74, 6) is 1.72. The Labute approximate surface area is 464 Å². The van der Waals surface area contributed by atoms with E-state index >= 15 is 0 Å². The normalized spacial score (nSPS) is 22.4. The van der Waals surface area contributed by atoms with E-state index in [2.05, 4.69) is 200 Å². The molecular weight excluding hydrogens is 960 g/mol. The third kappa shape index (κ3) is 6.68. The van der Waals surface area contributed by atoms with Crippen LogP contribution in [0, 0.1) is 11.8 Å². The van der Waals surface area contributed by atoms with Crippen molar-refractivity contribution in [3.8, 4) is 33.4 Å². The number of rotatable bonds is 5. The van der Waals surface area contributed by atoms with Gasteiger partial charge in [0, 0.05) is 54.1 Å². The molecule has 2 nitrogen and oxygen atoms in total. The highest BCUT2D eigenvalue weighted by Crippen LogP contribution is 2.57. The van der Waals surface area contributed by atoms with Crippen molar-refractivity contribution in [3.63, 3.8) is 0 Å². The minimum absolute atomic E-state index is 0.0340. The Morgan fingerprint density at radius 1 is 0.500 bits per heavy atom. The van der Waals surface area contributed by atoms with Gasteiger partial charge in [0.05, 0.1) is 16.1 Å². The van der Waals surface area contributed by atoms with E-state index in [0.717, 1.165) is 11.8 Å². The number of anilines is 3. The molecule has 78 heavy (non-hydrogen) atoms. The molecule has 11 aromatic rings. The number of hydrogen-bond acceptors (Lipinski definition) is 2. The summed E-state index contributed by atoms with van der Waals surface area (Å²) in [4.78, 5) is 2.77. The van der Waals surface area contributed by atoms with E-state index in [1.165, 1.54) is 210 Å². The van der Waals surface area contributed by atoms with Gasteiger partial charge in [-0.15, -0.1) is 11.3 Å². The molecule has 0 atom stereocenters. The van der Waals surface area contributed by atoms with Crippen LogP contribution in [0.25, 0.3) is 86.1 Å². The first-order valence-corrected chi connectivity index (χ1v) is 30.7. The molecular formula is C74H67BN2S. The van der Waals surface area contributed by atoms with Crippen molar-refractivity contribution in [1.29, 1.82) is 0 Å². The van der Waals surface area contributed by atoms with Crippen molar-refractivity contribution in [1.82, 2.24) is 4.48 Å². The maximum absolute atomic E-state index is 2.89. The summed E-state index contributed by atoms with van der Waals surface area (Å²) in [6.45, 7) is 7.04. The second-order valence-electron chi connectivity index (χ2n) is 26.4. The first kappa shape index (κ1) is 46.1. The molecule has 6 aliphatic rings. The fourth-order valence-corrected chi connectivity index (χ4v) is 18.7. The van der Waals surface area contributed by atoms with Gasteiger partial charge in [0.25, 0.3) is 0 Å². The maximum Gasteiger partial charge on any atom is 0.333 e. The van der Waals surface area contributed by atoms with Crippen LogP contribution in [0.3, 0.4) is 0 Å². The molecule has 0 N–H and O–H groups in total. The second-order valence-corrected chi connectivity index (χ2v) is 27.4. The quantitative estimate of drug-likeness (QED) is 0.156. The predicted molar refractivity (Wildman–Crippen MR) is 335 cm³/mol. The van der Waals surface area contributed by atoms with Gasteiger partial charge >= 0.3 is 6.85 Å². The Bertz CT molecular complexity index is 4280. The number of fused-ring (bicyclic) bond motifs is 16. The summed E-state index contributed by atoms with van der Waals surface area (Å²) in [5, 5.41) is 8.24. The van der Waals surface area contributed by atoms with Gasteiger partial charge in [-0.2, -0.15) is 0 Å². The van der Waals surface area contributed by atoms with Crippen LogP contribution in [0.4, 0.5) is 17.1 Å². The van der Waals surface area contributed by atoms with Crippen LogP contribution in [0.1, 0.15) is 127 Å². The second kappa shape index (κ2) is 16.8. The number of hydrogen-bond donors (Lipinski definition) is 0. The first-order valence-electron chi connectivity index (χ1n) is 29.9. The highest BCUT2D eigenvalue weighted by Gasteiger charge is 2.48. The molecule has 4 aliphatic carbocycles. The van der Waals surface area contributed by atoms with Gasteiger partial charge in [-0.25, -0.2) is 0 Å². The summed E-state index contributed by atoms with van der Waals surface area (Å²) >= 11 is 1.99. The fraction of sp³-hybridized carbons (Fsp3) is 0.297. The maximum atomic E-state index is 2.89. The largest absolute Gasteiger partial charge is 0.375 e. The summed E-state index contributed by atoms with van der Waals surface area (Å²) in [6.07, 6.45) is 19.1. The molecule has 0 amide bonds. The van der Waals surface area contributed by atoms with Crippen molar-refractivity contribution in [2.75, 3.05) is 4.90 Å². The lowest BCUT2D eigenvalue weighted by atomic mass is 9.45. The lowest BCUT2D eigenvalue weighted by Crippen LogP contribution is -2.56. The molecule has 9 aromatic carbocycles. The van der Waals surface area contributed by atoms with Gasteiger partial charge in [0.1, 0.15) is 0 Å². The topological polar surface area (TPSA) is 8.17 Å². The van der Waals surface area contributed by atoms with Crippen LogP contribution < -0.4 is 15.8 Å². The Morgan fingerprint density at radius 2 is 1.15 bits per heavy atom. The Kier molecular flexibility index (Phi) is 9.94. The van der Waals surface area contributed by atoms with Crippen LogP contribution in [-0.2, 0) is 16.2 Å². The fourth-order valence-electron chi connectivity index (χ4n) is 17.4. The van der Waals surface area contributed by atoms with E-state index < -0.39 is 0 Å². The summed E-state index contributed by atoms with van der Waals surface area (Å²) in [7, 11) is 0. The van der Waals surface area contributed by atoms with E-state index in [0.29, 0.717) is 0 Å². The van der Waals surface area contributed by atoms with E-state index in [-0.39, 0.29) is 23.1 Å². The van der Waals surface area contributed by atoms with Gasteiger partial charge in [-0.1, -0.05) is 181 Å². The third-order valence-corrected chi connectivity index (χ3v) is 22.3. The molecule has 4 heterocycles. The number of nitrogens with zero attached hydrogens (tertiary/aromatic N) is 2. The number of thiophene rings is 1. The van der Waals surface area contributed by atoms with Gasteiger partial charge in [-0.05, 0) is 188 Å². The Hall–Kier alpha value is -6.88. The zero-order chi connectivity index (χ0) is 51.6. The van der Waals surface area contributed by atoms with E-state index in [1.54, 1.807) is 11.1 Å². The van der Waals surface area contributed by atoms with Crippen molar-refractivity contribution < 1.29 is 0 Å². The Morgan fingerprint density at radius 3 is 1.86 bits per heavy atom. The summed E-state index contributed by atoms with van der Waals surface area (Å²) in [5.41, 5.74) is 22.4. The molecule has 17 rings (SSSR count). The lowest BCUT2D eigenvalue weighted by Gasteiger charge is -2.46. The Balaban J connectivity index is 1.03. The standard InChI is InChI=1S/C74H67BN2S/c1-72(2,3)53-26-30-64(57(40-53)49-22-8-5-9-23-49)76-66-38-52(48-20-6-4-7-21-48)37-60-62-43-55(74-34-14-18-47(45-74)19-15-35-74)42-61-58-41-54(73-32-12-16-46(44-73)17-13-33-73)27-31-65(58)77(69(61)62)75(68(60)66)63-29-28-56-59-36-50-24-10-11-25-51(50)39-67(59)78-71(56)70(63)76/h4-11,20-31,36-43,46-47H,12-19,32-35,44-45H2,1-3H3. The molecule has 0 unspecified atom stereocenters. The van der Waals surface area contributed by atoms with Gasteiger partial charge < -0.3 is 9.38 Å². The average Bonchev–Trinajstić information content (AvgIpc) is 3.00. The third-order valence-electron chi connectivity index (χ3n) is 21.1. The molecule has 0 radical (unpaired) electrons. The average molecular weight is 1030 g/mol. The highest BCUT2D eigenvalue weighted by molar-refractivity contribution is 7.26. The van der Waals surface area contributed by atoms with E-state index in [1.807, 2.05) is 11.3 Å². The van der Waals surface area contributed by atoms with Crippen LogP contribution in [-0.4, -0.2) is 11.3 Å². The smallest absolute Gasteiger partial charge is 0.333 e. The van der Waals surface area contributed by atoms with E-state index in [9.17, 15) is 0 Å². The summed E-state index contributed by atoms with van der Waals surface area (Å²) < 4.78 is 5.59. The van der Waals surface area contributed by atoms with Crippen molar-refractivity contribution in [2.24, 2.45) is 11.8 Å². The number of benzene rings is 9. The molecule has 2 aromatic heterocycles. The molecule has 382 valence electrons. The van der Waals surface area contributed by atoms with Crippen LogP contribution >= 0.6 is 11.3 Å². The SMILES string of the molecule is CC(C)(C)c1ccc(N2c3cc(-c4ccccc4)cc4c3B(c3ccc5c(sc6cc7ccccc7cc65)c32)n2c3ccc(C56CCCC(CCC5)C6)cc3c3cc(C56CCCC(CCC5)C6)cc-4c32)c(-c2ccccc2)c1. The molecule has 0 saturated heterocycles. The minimum Gasteiger partial charge on any atom is -0.375 e. The van der Waals surface area contributed by atoms with Gasteiger partial charge in [0.15, 0.2) is 0 Å². The lowest BCUT2D eigenvalue weighted by molar-refractivity contribution is 0.149. The minimum atomic E-state index is -0.0446. The zero-order valence-corrected chi connectivity index (χ0v) is 46.4. The predicted octanol–water partition coefficient (Wildman–Crippen LogP) is 19.6. The first-order chi connectivity index (χ1) is 38.2. The molecule has 4 saturated carbocycles.